The highest BCUT2D eigenvalue weighted by Crippen LogP contribution is 2.31. The van der Waals surface area contributed by atoms with Crippen molar-refractivity contribution in [3.8, 4) is 17.2 Å². The summed E-state index contributed by atoms with van der Waals surface area (Å²) in [7, 11) is 0. The Hall–Kier alpha value is -7.58. The Labute approximate surface area is 324 Å². The van der Waals surface area contributed by atoms with Crippen molar-refractivity contribution >= 4 is 41.5 Å². The third-order valence-electron chi connectivity index (χ3n) is 8.28. The van der Waals surface area contributed by atoms with Crippen molar-refractivity contribution in [2.24, 2.45) is 0 Å². The van der Waals surface area contributed by atoms with E-state index in [0.717, 1.165) is 16.7 Å². The molecule has 0 saturated heterocycles. The van der Waals surface area contributed by atoms with E-state index in [1.165, 1.54) is 54.6 Å². The Kier molecular flexibility index (Phi) is 12.6. The number of aliphatic carboxylic acids is 1. The van der Waals surface area contributed by atoms with Crippen LogP contribution in [0.4, 0.5) is 0 Å². The summed E-state index contributed by atoms with van der Waals surface area (Å²) in [6.45, 7) is 0. The molecular formula is C48H36O8. The van der Waals surface area contributed by atoms with Gasteiger partial charge in [0.15, 0.2) is 23.8 Å². The smallest absolute Gasteiger partial charge is 0.428 e. The lowest BCUT2D eigenvalue weighted by Crippen LogP contribution is -2.50. The summed E-state index contributed by atoms with van der Waals surface area (Å²) in [5.74, 6) is -3.90. The lowest BCUT2D eigenvalue weighted by atomic mass is 10.1. The Morgan fingerprint density at radius 2 is 0.679 bits per heavy atom. The van der Waals surface area contributed by atoms with E-state index >= 15 is 0 Å². The van der Waals surface area contributed by atoms with Crippen molar-refractivity contribution in [3.05, 3.63) is 215 Å². The molecule has 0 aliphatic rings. The largest absolute Gasteiger partial charge is 0.481 e. The fourth-order valence-corrected chi connectivity index (χ4v) is 5.45. The van der Waals surface area contributed by atoms with E-state index in [1.807, 2.05) is 91.0 Å². The second-order valence-corrected chi connectivity index (χ2v) is 12.5. The monoisotopic (exact) mass is 740 g/mol. The van der Waals surface area contributed by atoms with Crippen LogP contribution in [0.2, 0.25) is 0 Å². The third kappa shape index (κ3) is 11.0. The van der Waals surface area contributed by atoms with Crippen LogP contribution in [0.15, 0.2) is 182 Å². The van der Waals surface area contributed by atoms with Gasteiger partial charge in [0.1, 0.15) is 17.2 Å². The van der Waals surface area contributed by atoms with Crippen LogP contribution in [-0.2, 0) is 4.79 Å². The van der Waals surface area contributed by atoms with E-state index in [-0.39, 0.29) is 34.6 Å². The summed E-state index contributed by atoms with van der Waals surface area (Å²) in [5, 5.41) is 10.1. The lowest BCUT2D eigenvalue weighted by Gasteiger charge is -2.33. The van der Waals surface area contributed by atoms with Gasteiger partial charge in [0.2, 0.25) is 0 Å². The molecule has 0 atom stereocenters. The number of hydrogen-bond acceptors (Lipinski definition) is 7. The van der Waals surface area contributed by atoms with Crippen molar-refractivity contribution < 1.29 is 38.5 Å². The average molecular weight is 741 g/mol. The molecule has 56 heavy (non-hydrogen) atoms. The molecule has 0 bridgehead atoms. The zero-order valence-electron chi connectivity index (χ0n) is 30.1. The van der Waals surface area contributed by atoms with E-state index in [2.05, 4.69) is 0 Å². The Balaban J connectivity index is 1.25. The number of rotatable bonds is 17. The predicted octanol–water partition coefficient (Wildman–Crippen LogP) is 10.0. The molecule has 0 aliphatic carbocycles. The van der Waals surface area contributed by atoms with Gasteiger partial charge in [-0.2, -0.15) is 0 Å². The molecule has 0 saturated carbocycles. The van der Waals surface area contributed by atoms with E-state index in [0.29, 0.717) is 16.7 Å². The quantitative estimate of drug-likeness (QED) is 0.0558. The molecule has 0 amide bonds. The molecule has 1 N–H and O–H groups in total. The van der Waals surface area contributed by atoms with Crippen LogP contribution in [0.25, 0.3) is 18.2 Å². The second-order valence-electron chi connectivity index (χ2n) is 12.5. The van der Waals surface area contributed by atoms with Gasteiger partial charge in [-0.1, -0.05) is 109 Å². The molecule has 8 heteroatoms. The van der Waals surface area contributed by atoms with Crippen molar-refractivity contribution in [2.75, 3.05) is 0 Å². The number of carbonyl (C=O) groups is 4. The highest BCUT2D eigenvalue weighted by molar-refractivity contribution is 6.08. The minimum Gasteiger partial charge on any atom is -0.481 e. The van der Waals surface area contributed by atoms with Crippen molar-refractivity contribution in [2.45, 2.75) is 12.4 Å². The highest BCUT2D eigenvalue weighted by Gasteiger charge is 2.42. The van der Waals surface area contributed by atoms with E-state index in [9.17, 15) is 24.3 Å². The summed E-state index contributed by atoms with van der Waals surface area (Å²) in [5.41, 5.74) is 3.73. The number of carbonyl (C=O) groups excluding carboxylic acids is 3. The van der Waals surface area contributed by atoms with Gasteiger partial charge in [-0.25, -0.2) is 0 Å². The van der Waals surface area contributed by atoms with Crippen LogP contribution in [0, 0.1) is 0 Å². The number of ether oxygens (including phenoxy) is 3. The van der Waals surface area contributed by atoms with Crippen molar-refractivity contribution in [1.82, 2.24) is 0 Å². The first-order valence-corrected chi connectivity index (χ1v) is 17.7. The third-order valence-corrected chi connectivity index (χ3v) is 8.28. The first-order valence-electron chi connectivity index (χ1n) is 17.7. The van der Waals surface area contributed by atoms with Gasteiger partial charge in [-0.3, -0.25) is 19.2 Å². The van der Waals surface area contributed by atoms with Crippen molar-refractivity contribution in [1.29, 1.82) is 0 Å². The van der Waals surface area contributed by atoms with Crippen LogP contribution in [0.3, 0.4) is 0 Å². The van der Waals surface area contributed by atoms with E-state index in [4.69, 9.17) is 14.2 Å². The normalized spacial score (nSPS) is 11.4. The fraction of sp³-hybridized carbons (Fsp3) is 0.0417. The van der Waals surface area contributed by atoms with Gasteiger partial charge in [0.25, 0.3) is 0 Å². The molecule has 276 valence electrons. The first kappa shape index (κ1) is 38.2. The molecule has 0 radical (unpaired) electrons. The van der Waals surface area contributed by atoms with Gasteiger partial charge in [0.05, 0.1) is 0 Å². The molecule has 0 aliphatic heterocycles. The summed E-state index contributed by atoms with van der Waals surface area (Å²) >= 11 is 0. The zero-order chi connectivity index (χ0) is 39.2. The second kappa shape index (κ2) is 18.4. The predicted molar refractivity (Wildman–Crippen MR) is 216 cm³/mol. The first-order chi connectivity index (χ1) is 27.2. The van der Waals surface area contributed by atoms with Gasteiger partial charge in [-0.05, 0) is 108 Å². The standard InChI is InChI=1S/C48H36O8/c49-44(31-16-35-10-4-1-5-11-35)38-19-25-41(26-20-38)54-48(34-47(52)53,55-42-27-21-39(22-28-42)45(50)32-17-36-12-6-2-7-13-36)56-43-29-23-40(24-30-43)46(51)33-18-37-14-8-3-9-15-37/h1-33H,34H2,(H,52,53)/b31-16+,32-17+,33-18+. The molecule has 6 rings (SSSR count). The Morgan fingerprint density at radius 1 is 0.411 bits per heavy atom. The SMILES string of the molecule is O=C(O)CC(Oc1ccc(C(=O)/C=C/c2ccccc2)cc1)(Oc1ccc(C(=O)/C=C/c2ccccc2)cc1)Oc1ccc(C(=O)/C=C/c2ccccc2)cc1. The summed E-state index contributed by atoms with van der Waals surface area (Å²) < 4.78 is 18.6. The highest BCUT2D eigenvalue weighted by atomic mass is 16.9. The van der Waals surface area contributed by atoms with Crippen LogP contribution in [0.1, 0.15) is 54.2 Å². The summed E-state index contributed by atoms with van der Waals surface area (Å²) in [6.07, 6.45) is 8.72. The zero-order valence-corrected chi connectivity index (χ0v) is 30.1. The molecule has 6 aromatic carbocycles. The van der Waals surface area contributed by atoms with Crippen LogP contribution in [0.5, 0.6) is 17.2 Å². The average Bonchev–Trinajstić information content (AvgIpc) is 3.22. The fourth-order valence-electron chi connectivity index (χ4n) is 5.45. The molecular weight excluding hydrogens is 705 g/mol. The maximum absolute atomic E-state index is 12.9. The number of carboxylic acid groups (broad SMARTS) is 1. The summed E-state index contributed by atoms with van der Waals surface area (Å²) in [4.78, 5) is 51.1. The van der Waals surface area contributed by atoms with Crippen LogP contribution in [-0.4, -0.2) is 34.4 Å². The van der Waals surface area contributed by atoms with Gasteiger partial charge < -0.3 is 19.3 Å². The topological polar surface area (TPSA) is 116 Å². The minimum atomic E-state index is -2.29. The summed E-state index contributed by atoms with van der Waals surface area (Å²) in [6, 6.07) is 46.5. The number of carboxylic acids is 1. The Bertz CT molecular complexity index is 2090. The van der Waals surface area contributed by atoms with Crippen LogP contribution < -0.4 is 14.2 Å². The Morgan fingerprint density at radius 3 is 0.929 bits per heavy atom. The molecule has 0 heterocycles. The van der Waals surface area contributed by atoms with Gasteiger partial charge in [0, 0.05) is 16.7 Å². The van der Waals surface area contributed by atoms with E-state index in [1.54, 1.807) is 54.6 Å². The maximum atomic E-state index is 12.9. The minimum absolute atomic E-state index is 0.144. The number of hydrogen-bond donors (Lipinski definition) is 1. The van der Waals surface area contributed by atoms with Gasteiger partial charge >= 0.3 is 11.9 Å². The molecule has 0 aromatic heterocycles. The lowest BCUT2D eigenvalue weighted by molar-refractivity contribution is -0.256. The maximum Gasteiger partial charge on any atom is 0.428 e. The molecule has 0 unspecified atom stereocenters. The van der Waals surface area contributed by atoms with E-state index < -0.39 is 18.4 Å². The van der Waals surface area contributed by atoms with Crippen molar-refractivity contribution in [3.63, 3.8) is 0 Å². The molecule has 6 aromatic rings. The number of allylic oxidation sites excluding steroid dienone is 3. The molecule has 0 spiro atoms. The van der Waals surface area contributed by atoms with Gasteiger partial charge in [-0.15, -0.1) is 0 Å². The molecule has 0 fully saturated rings. The number of benzene rings is 6. The molecule has 8 nitrogen and oxygen atoms in total. The number of ketones is 3. The van der Waals surface area contributed by atoms with Crippen LogP contribution >= 0.6 is 0 Å².